The molecule has 0 saturated carbocycles. The highest BCUT2D eigenvalue weighted by Gasteiger charge is 2.32. The second-order valence-electron chi connectivity index (χ2n) is 5.33. The van der Waals surface area contributed by atoms with Crippen molar-refractivity contribution in [1.29, 1.82) is 0 Å². The molecule has 9 heteroatoms. The average Bonchev–Trinajstić information content (AvgIpc) is 3.09. The molecule has 23 heavy (non-hydrogen) atoms. The van der Waals surface area contributed by atoms with Gasteiger partial charge in [0.05, 0.1) is 12.6 Å². The summed E-state index contributed by atoms with van der Waals surface area (Å²) < 4.78 is 31.7. The molecule has 1 saturated heterocycles. The number of hydrogen-bond donors (Lipinski definition) is 1. The average molecular weight is 361 g/mol. The first-order chi connectivity index (χ1) is 11.0. The zero-order chi connectivity index (χ0) is 16.9. The molecule has 1 aromatic rings. The summed E-state index contributed by atoms with van der Waals surface area (Å²) in [4.78, 5) is 14.0. The number of hydrogen-bond acceptors (Lipinski definition) is 6. The molecule has 2 heterocycles. The summed E-state index contributed by atoms with van der Waals surface area (Å²) in [7, 11) is -1.81. The maximum atomic E-state index is 12.5. The van der Waals surface area contributed by atoms with Gasteiger partial charge in [-0.25, -0.2) is 8.42 Å². The summed E-state index contributed by atoms with van der Waals surface area (Å²) >= 11 is 1.23. The Bertz CT molecular complexity index is 596. The van der Waals surface area contributed by atoms with Crippen molar-refractivity contribution in [3.05, 3.63) is 17.5 Å². The Morgan fingerprint density at radius 2 is 2.09 bits per heavy atom. The van der Waals surface area contributed by atoms with Crippen LogP contribution in [0.4, 0.5) is 0 Å². The first-order valence-electron chi connectivity index (χ1n) is 7.51. The number of methoxy groups -OCH3 is 1. The van der Waals surface area contributed by atoms with Crippen molar-refractivity contribution in [3.8, 4) is 0 Å². The molecule has 0 radical (unpaired) electrons. The maximum absolute atomic E-state index is 12.5. The summed E-state index contributed by atoms with van der Waals surface area (Å²) in [6.45, 7) is 4.68. The quantitative estimate of drug-likeness (QED) is 0.702. The fourth-order valence-electron chi connectivity index (χ4n) is 2.46. The molecule has 0 unspecified atom stereocenters. The van der Waals surface area contributed by atoms with Gasteiger partial charge in [-0.1, -0.05) is 6.07 Å². The van der Waals surface area contributed by atoms with Crippen LogP contribution in [0.1, 0.15) is 6.92 Å². The number of nitrogens with one attached hydrogen (secondary N) is 1. The number of thiophene rings is 1. The minimum Gasteiger partial charge on any atom is -0.383 e. The van der Waals surface area contributed by atoms with E-state index < -0.39 is 10.0 Å². The SMILES string of the molecule is COCCNC(=O)[C@H](C)N1CCN(S(=O)(=O)c2cccs2)CC1. The van der Waals surface area contributed by atoms with Gasteiger partial charge in [0, 0.05) is 39.8 Å². The van der Waals surface area contributed by atoms with Crippen molar-refractivity contribution in [2.75, 3.05) is 46.4 Å². The fraction of sp³-hybridized carbons (Fsp3) is 0.643. The lowest BCUT2D eigenvalue weighted by atomic mass is 10.2. The van der Waals surface area contributed by atoms with Crippen LogP contribution in [0.2, 0.25) is 0 Å². The third-order valence-corrected chi connectivity index (χ3v) is 7.17. The van der Waals surface area contributed by atoms with Gasteiger partial charge in [-0.3, -0.25) is 9.69 Å². The molecular formula is C14H23N3O4S2. The Balaban J connectivity index is 1.87. The number of nitrogens with zero attached hydrogens (tertiary/aromatic N) is 2. The highest BCUT2D eigenvalue weighted by molar-refractivity contribution is 7.91. The highest BCUT2D eigenvalue weighted by atomic mass is 32.2. The predicted octanol–water partition coefficient (Wildman–Crippen LogP) is 0.206. The lowest BCUT2D eigenvalue weighted by Gasteiger charge is -2.36. The van der Waals surface area contributed by atoms with E-state index in [1.807, 2.05) is 11.8 Å². The second kappa shape index (κ2) is 8.20. The van der Waals surface area contributed by atoms with E-state index in [9.17, 15) is 13.2 Å². The van der Waals surface area contributed by atoms with Crippen molar-refractivity contribution in [2.24, 2.45) is 0 Å². The van der Waals surface area contributed by atoms with Crippen LogP contribution in [-0.2, 0) is 19.6 Å². The number of piperazine rings is 1. The molecule has 1 fully saturated rings. The molecule has 1 aliphatic rings. The van der Waals surface area contributed by atoms with Gasteiger partial charge >= 0.3 is 0 Å². The van der Waals surface area contributed by atoms with Crippen LogP contribution in [0, 0.1) is 0 Å². The number of carbonyl (C=O) groups excluding carboxylic acids is 1. The van der Waals surface area contributed by atoms with Gasteiger partial charge in [0.15, 0.2) is 0 Å². The van der Waals surface area contributed by atoms with Crippen molar-refractivity contribution < 1.29 is 17.9 Å². The van der Waals surface area contributed by atoms with Crippen LogP contribution in [0.5, 0.6) is 0 Å². The van der Waals surface area contributed by atoms with Gasteiger partial charge in [0.25, 0.3) is 10.0 Å². The van der Waals surface area contributed by atoms with E-state index in [0.29, 0.717) is 43.5 Å². The van der Waals surface area contributed by atoms with Crippen molar-refractivity contribution in [3.63, 3.8) is 0 Å². The Kier molecular flexibility index (Phi) is 6.54. The third-order valence-electron chi connectivity index (χ3n) is 3.90. The molecule has 7 nitrogen and oxygen atoms in total. The first kappa shape index (κ1) is 18.3. The number of ether oxygens (including phenoxy) is 1. The number of amides is 1. The summed E-state index contributed by atoms with van der Waals surface area (Å²) in [5, 5.41) is 4.57. The summed E-state index contributed by atoms with van der Waals surface area (Å²) in [5.41, 5.74) is 0. The van der Waals surface area contributed by atoms with Crippen LogP contribution in [-0.4, -0.2) is 76.0 Å². The molecule has 0 aromatic carbocycles. The van der Waals surface area contributed by atoms with Gasteiger partial charge in [-0.05, 0) is 18.4 Å². The lowest BCUT2D eigenvalue weighted by Crippen LogP contribution is -2.55. The highest BCUT2D eigenvalue weighted by Crippen LogP contribution is 2.22. The Morgan fingerprint density at radius 1 is 1.39 bits per heavy atom. The van der Waals surface area contributed by atoms with Crippen molar-refractivity contribution in [1.82, 2.24) is 14.5 Å². The van der Waals surface area contributed by atoms with Gasteiger partial charge in [0.2, 0.25) is 5.91 Å². The maximum Gasteiger partial charge on any atom is 0.252 e. The summed E-state index contributed by atoms with van der Waals surface area (Å²) in [6.07, 6.45) is 0. The summed E-state index contributed by atoms with van der Waals surface area (Å²) in [6, 6.07) is 3.08. The van der Waals surface area contributed by atoms with Gasteiger partial charge in [0.1, 0.15) is 4.21 Å². The summed E-state index contributed by atoms with van der Waals surface area (Å²) in [5.74, 6) is -0.0587. The molecule has 1 amide bonds. The van der Waals surface area contributed by atoms with Gasteiger partial charge in [-0.2, -0.15) is 4.31 Å². The standard InChI is InChI=1S/C14H23N3O4S2/c1-12(14(18)15-5-10-21-2)16-6-8-17(9-7-16)23(19,20)13-4-3-11-22-13/h3-4,11-12H,5-10H2,1-2H3,(H,15,18)/t12-/m0/s1. The monoisotopic (exact) mass is 361 g/mol. The number of rotatable bonds is 7. The first-order valence-corrected chi connectivity index (χ1v) is 9.83. The van der Waals surface area contributed by atoms with Crippen LogP contribution < -0.4 is 5.32 Å². The topological polar surface area (TPSA) is 79.0 Å². The van der Waals surface area contributed by atoms with E-state index in [1.165, 1.54) is 15.6 Å². The molecule has 2 rings (SSSR count). The van der Waals surface area contributed by atoms with Crippen molar-refractivity contribution >= 4 is 27.3 Å². The minimum atomic E-state index is -3.40. The van der Waals surface area contributed by atoms with E-state index >= 15 is 0 Å². The zero-order valence-corrected chi connectivity index (χ0v) is 15.0. The van der Waals surface area contributed by atoms with Crippen LogP contribution in [0.15, 0.2) is 21.7 Å². The van der Waals surface area contributed by atoms with E-state index in [1.54, 1.807) is 24.6 Å². The lowest BCUT2D eigenvalue weighted by molar-refractivity contribution is -0.126. The number of sulfonamides is 1. The molecule has 1 N–H and O–H groups in total. The fourth-order valence-corrected chi connectivity index (χ4v) is 5.03. The molecule has 0 spiro atoms. The number of carbonyl (C=O) groups is 1. The molecule has 130 valence electrons. The van der Waals surface area contributed by atoms with Gasteiger partial charge in [-0.15, -0.1) is 11.3 Å². The van der Waals surface area contributed by atoms with E-state index in [-0.39, 0.29) is 11.9 Å². The van der Waals surface area contributed by atoms with Crippen LogP contribution >= 0.6 is 11.3 Å². The van der Waals surface area contributed by atoms with E-state index in [4.69, 9.17) is 4.74 Å². The molecule has 1 atom stereocenters. The minimum absolute atomic E-state index is 0.0587. The molecule has 1 aromatic heterocycles. The smallest absolute Gasteiger partial charge is 0.252 e. The van der Waals surface area contributed by atoms with E-state index in [0.717, 1.165) is 0 Å². The van der Waals surface area contributed by atoms with E-state index in [2.05, 4.69) is 5.32 Å². The largest absolute Gasteiger partial charge is 0.383 e. The Labute approximate surface area is 141 Å². The van der Waals surface area contributed by atoms with Gasteiger partial charge < -0.3 is 10.1 Å². The Hall–Kier alpha value is -1.00. The van der Waals surface area contributed by atoms with Crippen LogP contribution in [0.3, 0.4) is 0 Å². The normalized spacial score (nSPS) is 18.7. The van der Waals surface area contributed by atoms with Crippen LogP contribution in [0.25, 0.3) is 0 Å². The molecule has 1 aliphatic heterocycles. The molecular weight excluding hydrogens is 338 g/mol. The molecule has 0 aliphatic carbocycles. The van der Waals surface area contributed by atoms with Crippen molar-refractivity contribution in [2.45, 2.75) is 17.2 Å². The third kappa shape index (κ3) is 4.51. The molecule has 0 bridgehead atoms. The Morgan fingerprint density at radius 3 is 2.65 bits per heavy atom. The predicted molar refractivity (Wildman–Crippen MR) is 89.0 cm³/mol. The second-order valence-corrected chi connectivity index (χ2v) is 8.44. The zero-order valence-electron chi connectivity index (χ0n) is 13.4.